The molecule has 80 valence electrons. The molecule has 0 spiro atoms. The van der Waals surface area contributed by atoms with Gasteiger partial charge in [-0.1, -0.05) is 17.3 Å². The van der Waals surface area contributed by atoms with Crippen LogP contribution in [0.1, 0.15) is 0 Å². The summed E-state index contributed by atoms with van der Waals surface area (Å²) in [5.74, 6) is -0.299. The van der Waals surface area contributed by atoms with Crippen molar-refractivity contribution in [1.29, 1.82) is 0 Å². The first kappa shape index (κ1) is 8.78. The van der Waals surface area contributed by atoms with E-state index in [0.29, 0.717) is 16.7 Å². The minimum absolute atomic E-state index is 0.203. The average Bonchev–Trinajstić information content (AvgIpc) is 2.82. The first-order valence-electron chi connectivity index (χ1n) is 4.58. The molecular formula is C10H7N3O3. The Morgan fingerprint density at radius 3 is 2.94 bits per heavy atom. The molecule has 0 bridgehead atoms. The van der Waals surface area contributed by atoms with Crippen LogP contribution in [-0.2, 0) is 0 Å². The van der Waals surface area contributed by atoms with Gasteiger partial charge in [-0.25, -0.2) is 4.79 Å². The molecule has 0 radical (unpaired) electrons. The highest BCUT2D eigenvalue weighted by molar-refractivity contribution is 5.92. The molecule has 3 aromatic rings. The van der Waals surface area contributed by atoms with E-state index in [1.165, 1.54) is 6.20 Å². The number of benzene rings is 1. The Morgan fingerprint density at radius 2 is 2.19 bits per heavy atom. The summed E-state index contributed by atoms with van der Waals surface area (Å²) >= 11 is 0. The van der Waals surface area contributed by atoms with Crippen molar-refractivity contribution in [1.82, 2.24) is 10.1 Å². The summed E-state index contributed by atoms with van der Waals surface area (Å²) < 4.78 is 9.72. The van der Waals surface area contributed by atoms with Crippen molar-refractivity contribution in [2.45, 2.75) is 0 Å². The Morgan fingerprint density at radius 1 is 1.31 bits per heavy atom. The zero-order valence-corrected chi connectivity index (χ0v) is 8.06. The van der Waals surface area contributed by atoms with E-state index in [0.717, 1.165) is 5.56 Å². The van der Waals surface area contributed by atoms with Gasteiger partial charge in [-0.3, -0.25) is 4.98 Å². The maximum Gasteiger partial charge on any atom is 0.417 e. The van der Waals surface area contributed by atoms with E-state index in [1.54, 1.807) is 18.2 Å². The zero-order valence-electron chi connectivity index (χ0n) is 8.06. The molecule has 2 heterocycles. The van der Waals surface area contributed by atoms with Crippen LogP contribution in [0, 0.1) is 0 Å². The number of nitrogens with two attached hydrogens (primary N) is 1. The van der Waals surface area contributed by atoms with E-state index in [9.17, 15) is 4.79 Å². The number of anilines is 1. The number of aromatic amines is 1. The topological polar surface area (TPSA) is 98.0 Å². The van der Waals surface area contributed by atoms with Gasteiger partial charge in [0, 0.05) is 5.56 Å². The van der Waals surface area contributed by atoms with Crippen molar-refractivity contribution in [3.8, 4) is 11.1 Å². The molecule has 0 aliphatic carbocycles. The zero-order chi connectivity index (χ0) is 11.1. The number of hydrogen-bond acceptors (Lipinski definition) is 5. The lowest BCUT2D eigenvalue weighted by Crippen LogP contribution is -1.94. The molecule has 3 rings (SSSR count). The number of hydrogen-bond donors (Lipinski definition) is 2. The van der Waals surface area contributed by atoms with Crippen molar-refractivity contribution in [2.24, 2.45) is 0 Å². The number of nitrogen functional groups attached to an aromatic ring is 1. The minimum Gasteiger partial charge on any atom is -0.408 e. The molecular weight excluding hydrogens is 210 g/mol. The molecule has 0 atom stereocenters. The fourth-order valence-corrected chi connectivity index (χ4v) is 1.65. The lowest BCUT2D eigenvalue weighted by Gasteiger charge is -1.97. The van der Waals surface area contributed by atoms with Crippen molar-refractivity contribution < 1.29 is 8.94 Å². The van der Waals surface area contributed by atoms with Crippen LogP contribution in [0.4, 0.5) is 5.88 Å². The smallest absolute Gasteiger partial charge is 0.408 e. The third-order valence-corrected chi connectivity index (χ3v) is 2.34. The molecule has 0 fully saturated rings. The average molecular weight is 217 g/mol. The van der Waals surface area contributed by atoms with Crippen LogP contribution in [0.5, 0.6) is 0 Å². The van der Waals surface area contributed by atoms with Crippen LogP contribution in [0.2, 0.25) is 0 Å². The highest BCUT2D eigenvalue weighted by Crippen LogP contribution is 2.30. The molecule has 3 N–H and O–H groups in total. The molecule has 1 aromatic carbocycles. The number of aromatic nitrogens is 2. The number of nitrogens with zero attached hydrogens (tertiary/aromatic N) is 1. The fourth-order valence-electron chi connectivity index (χ4n) is 1.65. The molecule has 6 nitrogen and oxygen atoms in total. The van der Waals surface area contributed by atoms with E-state index in [4.69, 9.17) is 14.7 Å². The second kappa shape index (κ2) is 2.99. The minimum atomic E-state index is -0.502. The van der Waals surface area contributed by atoms with Crippen LogP contribution in [-0.4, -0.2) is 10.1 Å². The summed E-state index contributed by atoms with van der Waals surface area (Å²) in [4.78, 5) is 13.7. The summed E-state index contributed by atoms with van der Waals surface area (Å²) in [5.41, 5.74) is 8.03. The lowest BCUT2D eigenvalue weighted by molar-refractivity contribution is 0.436. The Kier molecular flexibility index (Phi) is 1.64. The largest absolute Gasteiger partial charge is 0.417 e. The van der Waals surface area contributed by atoms with E-state index < -0.39 is 5.76 Å². The number of nitrogens with one attached hydrogen (secondary N) is 1. The summed E-state index contributed by atoms with van der Waals surface area (Å²) in [6.07, 6.45) is 1.50. The molecule has 0 saturated carbocycles. The number of H-pyrrole nitrogens is 1. The fraction of sp³-hybridized carbons (Fsp3) is 0. The monoisotopic (exact) mass is 217 g/mol. The van der Waals surface area contributed by atoms with Gasteiger partial charge in [0.2, 0.25) is 5.88 Å². The predicted octanol–water partition coefficient (Wildman–Crippen LogP) is 1.36. The lowest BCUT2D eigenvalue weighted by atomic mass is 10.1. The molecule has 0 aliphatic heterocycles. The maximum atomic E-state index is 11.1. The van der Waals surface area contributed by atoms with Crippen molar-refractivity contribution >= 4 is 17.0 Å². The Balaban J connectivity index is 2.40. The SMILES string of the molecule is Nc1oncc1-c1cccc2oc(=O)[nH]c12. The van der Waals surface area contributed by atoms with Crippen molar-refractivity contribution in [3.05, 3.63) is 34.9 Å². The van der Waals surface area contributed by atoms with Crippen LogP contribution >= 0.6 is 0 Å². The van der Waals surface area contributed by atoms with Crippen LogP contribution in [0.15, 0.2) is 38.1 Å². The first-order chi connectivity index (χ1) is 7.75. The summed E-state index contributed by atoms with van der Waals surface area (Å²) in [7, 11) is 0. The normalized spacial score (nSPS) is 11.0. The summed E-state index contributed by atoms with van der Waals surface area (Å²) in [5, 5.41) is 3.59. The molecule has 6 heteroatoms. The van der Waals surface area contributed by atoms with E-state index in [2.05, 4.69) is 10.1 Å². The standard InChI is InChI=1S/C10H7N3O3/c11-9-6(4-12-16-9)5-2-1-3-7-8(5)13-10(14)15-7/h1-4H,11H2,(H,13,14). The van der Waals surface area contributed by atoms with Gasteiger partial charge in [0.25, 0.3) is 0 Å². The van der Waals surface area contributed by atoms with E-state index >= 15 is 0 Å². The first-order valence-corrected chi connectivity index (χ1v) is 4.58. The van der Waals surface area contributed by atoms with Gasteiger partial charge in [0.05, 0.1) is 17.3 Å². The highest BCUT2D eigenvalue weighted by atomic mass is 16.5. The molecule has 2 aromatic heterocycles. The second-order valence-corrected chi connectivity index (χ2v) is 3.30. The Hall–Kier alpha value is -2.50. The number of oxazole rings is 1. The number of rotatable bonds is 1. The van der Waals surface area contributed by atoms with Crippen LogP contribution in [0.3, 0.4) is 0 Å². The van der Waals surface area contributed by atoms with Crippen molar-refractivity contribution in [2.75, 3.05) is 5.73 Å². The van der Waals surface area contributed by atoms with Gasteiger partial charge < -0.3 is 14.7 Å². The molecule has 0 aliphatic rings. The highest BCUT2D eigenvalue weighted by Gasteiger charge is 2.13. The third kappa shape index (κ3) is 1.13. The molecule has 0 unspecified atom stereocenters. The van der Waals surface area contributed by atoms with Gasteiger partial charge in [-0.05, 0) is 6.07 Å². The second-order valence-electron chi connectivity index (χ2n) is 3.30. The quantitative estimate of drug-likeness (QED) is 0.641. The molecule has 0 saturated heterocycles. The van der Waals surface area contributed by atoms with E-state index in [1.807, 2.05) is 0 Å². The third-order valence-electron chi connectivity index (χ3n) is 2.34. The summed E-state index contributed by atoms with van der Waals surface area (Å²) in [6.45, 7) is 0. The van der Waals surface area contributed by atoms with Gasteiger partial charge in [0.15, 0.2) is 5.58 Å². The maximum absolute atomic E-state index is 11.1. The van der Waals surface area contributed by atoms with Gasteiger partial charge in [0.1, 0.15) is 0 Å². The number of para-hydroxylation sites is 1. The number of fused-ring (bicyclic) bond motifs is 1. The van der Waals surface area contributed by atoms with Gasteiger partial charge >= 0.3 is 5.76 Å². The van der Waals surface area contributed by atoms with Gasteiger partial charge in [-0.2, -0.15) is 0 Å². The van der Waals surface area contributed by atoms with E-state index in [-0.39, 0.29) is 5.88 Å². The summed E-state index contributed by atoms with van der Waals surface area (Å²) in [6, 6.07) is 5.26. The Bertz CT molecular complexity index is 707. The van der Waals surface area contributed by atoms with Gasteiger partial charge in [-0.15, -0.1) is 0 Å². The molecule has 16 heavy (non-hydrogen) atoms. The van der Waals surface area contributed by atoms with Crippen LogP contribution in [0.25, 0.3) is 22.2 Å². The predicted molar refractivity (Wildman–Crippen MR) is 56.7 cm³/mol. The van der Waals surface area contributed by atoms with Crippen LogP contribution < -0.4 is 11.5 Å². The molecule has 0 amide bonds. The Labute approximate surface area is 88.7 Å². The van der Waals surface area contributed by atoms with Crippen molar-refractivity contribution in [3.63, 3.8) is 0 Å².